The maximum Gasteiger partial charge on any atom is 0.176 e. The van der Waals surface area contributed by atoms with Crippen LogP contribution in [0.15, 0.2) is 48.5 Å². The molecule has 0 bridgehead atoms. The normalized spacial score (nSPS) is 10.6. The summed E-state index contributed by atoms with van der Waals surface area (Å²) >= 11 is 0. The Kier molecular flexibility index (Phi) is 7.47. The predicted molar refractivity (Wildman–Crippen MR) is 97.6 cm³/mol. The summed E-state index contributed by atoms with van der Waals surface area (Å²) in [5.41, 5.74) is 8.66. The number of ketones is 2. The number of hydrogen-bond acceptors (Lipinski definition) is 5. The van der Waals surface area contributed by atoms with E-state index in [1.807, 2.05) is 43.3 Å². The van der Waals surface area contributed by atoms with Gasteiger partial charge in [0.1, 0.15) is 0 Å². The van der Waals surface area contributed by atoms with Gasteiger partial charge in [0.25, 0.3) is 0 Å². The summed E-state index contributed by atoms with van der Waals surface area (Å²) in [5.74, 6) is 0.0117. The van der Waals surface area contributed by atoms with Crippen LogP contribution >= 0.6 is 0 Å². The minimum absolute atomic E-state index is 0.0167. The molecule has 0 fully saturated rings. The van der Waals surface area contributed by atoms with Gasteiger partial charge in [0, 0.05) is 11.1 Å². The lowest BCUT2D eigenvalue weighted by Crippen LogP contribution is -2.22. The summed E-state index contributed by atoms with van der Waals surface area (Å²) in [6.45, 7) is 4.04. The van der Waals surface area contributed by atoms with Crippen molar-refractivity contribution < 1.29 is 14.3 Å². The smallest absolute Gasteiger partial charge is 0.176 e. The molecule has 25 heavy (non-hydrogen) atoms. The largest absolute Gasteiger partial charge is 0.372 e. The fraction of sp³-hybridized carbons (Fsp3) is 0.300. The Morgan fingerprint density at radius 2 is 1.36 bits per heavy atom. The summed E-state index contributed by atoms with van der Waals surface area (Å²) in [7, 11) is 0. The van der Waals surface area contributed by atoms with Crippen molar-refractivity contribution in [3.63, 3.8) is 0 Å². The molecular formula is C20H24N2O3. The third-order valence-electron chi connectivity index (χ3n) is 3.81. The van der Waals surface area contributed by atoms with E-state index in [4.69, 9.17) is 10.5 Å². The second kappa shape index (κ2) is 9.84. The van der Waals surface area contributed by atoms with E-state index in [9.17, 15) is 9.59 Å². The second-order valence-corrected chi connectivity index (χ2v) is 5.72. The van der Waals surface area contributed by atoms with Crippen molar-refractivity contribution in [2.75, 3.05) is 19.6 Å². The third-order valence-corrected chi connectivity index (χ3v) is 3.81. The number of rotatable bonds is 10. The van der Waals surface area contributed by atoms with Gasteiger partial charge in [0.15, 0.2) is 11.6 Å². The highest BCUT2D eigenvalue weighted by Gasteiger charge is 2.05. The topological polar surface area (TPSA) is 81.4 Å². The lowest BCUT2D eigenvalue weighted by Gasteiger charge is -2.07. The van der Waals surface area contributed by atoms with Gasteiger partial charge in [-0.05, 0) is 17.7 Å². The zero-order valence-corrected chi connectivity index (χ0v) is 14.5. The van der Waals surface area contributed by atoms with Crippen LogP contribution in [0.4, 0.5) is 0 Å². The number of ether oxygens (including phenoxy) is 1. The third kappa shape index (κ3) is 5.90. The number of nitrogens with one attached hydrogen (secondary N) is 1. The number of nitrogens with two attached hydrogens (primary N) is 1. The van der Waals surface area contributed by atoms with E-state index in [0.29, 0.717) is 30.9 Å². The van der Waals surface area contributed by atoms with Gasteiger partial charge in [-0.3, -0.25) is 9.59 Å². The second-order valence-electron chi connectivity index (χ2n) is 5.72. The van der Waals surface area contributed by atoms with Crippen LogP contribution in [0.3, 0.4) is 0 Å². The van der Waals surface area contributed by atoms with Crippen LogP contribution in [0, 0.1) is 0 Å². The van der Waals surface area contributed by atoms with Crippen molar-refractivity contribution in [2.24, 2.45) is 5.73 Å². The Labute approximate surface area is 148 Å². The SMILES string of the molecule is CCNCC(=O)c1ccc(COCc2ccc(C(=O)CN)cc2)cc1. The highest BCUT2D eigenvalue weighted by atomic mass is 16.5. The summed E-state index contributed by atoms with van der Waals surface area (Å²) in [5, 5.41) is 3.03. The van der Waals surface area contributed by atoms with E-state index < -0.39 is 0 Å². The summed E-state index contributed by atoms with van der Waals surface area (Å²) in [6.07, 6.45) is 0. The molecule has 0 aliphatic carbocycles. The standard InChI is InChI=1S/C20H24N2O3/c1-2-22-12-20(24)18-9-5-16(6-10-18)14-25-13-15-3-7-17(8-4-15)19(23)11-21/h3-10,22H,2,11-14,21H2,1H3. The first-order valence-corrected chi connectivity index (χ1v) is 8.37. The van der Waals surface area contributed by atoms with Crippen LogP contribution in [-0.4, -0.2) is 31.2 Å². The van der Waals surface area contributed by atoms with Crippen molar-refractivity contribution in [3.8, 4) is 0 Å². The van der Waals surface area contributed by atoms with Gasteiger partial charge >= 0.3 is 0 Å². The van der Waals surface area contributed by atoms with Gasteiger partial charge < -0.3 is 15.8 Å². The first kappa shape index (κ1) is 19.0. The van der Waals surface area contributed by atoms with E-state index in [-0.39, 0.29) is 18.1 Å². The molecule has 0 amide bonds. The molecule has 0 saturated heterocycles. The summed E-state index contributed by atoms with van der Waals surface area (Å²) in [6, 6.07) is 14.7. The Bertz CT molecular complexity index is 694. The molecule has 0 heterocycles. The maximum absolute atomic E-state index is 11.9. The van der Waals surface area contributed by atoms with E-state index >= 15 is 0 Å². The molecule has 0 aromatic heterocycles. The van der Waals surface area contributed by atoms with Crippen LogP contribution in [0.25, 0.3) is 0 Å². The molecule has 0 aliphatic heterocycles. The molecule has 5 heteroatoms. The summed E-state index contributed by atoms with van der Waals surface area (Å²) < 4.78 is 5.69. The minimum Gasteiger partial charge on any atom is -0.372 e. The van der Waals surface area contributed by atoms with E-state index in [1.165, 1.54) is 0 Å². The molecule has 0 saturated carbocycles. The molecule has 0 atom stereocenters. The minimum atomic E-state index is -0.0729. The number of carbonyl (C=O) groups excluding carboxylic acids is 2. The number of Topliss-reactive ketones (excluding diaryl/α,β-unsaturated/α-hetero) is 2. The van der Waals surface area contributed by atoms with Crippen LogP contribution < -0.4 is 11.1 Å². The van der Waals surface area contributed by atoms with Crippen LogP contribution in [0.1, 0.15) is 38.8 Å². The Morgan fingerprint density at radius 1 is 0.880 bits per heavy atom. The first-order valence-electron chi connectivity index (χ1n) is 8.37. The average molecular weight is 340 g/mol. The zero-order valence-electron chi connectivity index (χ0n) is 14.5. The fourth-order valence-corrected chi connectivity index (χ4v) is 2.32. The Hall–Kier alpha value is -2.34. The monoisotopic (exact) mass is 340 g/mol. The molecule has 0 spiro atoms. The van der Waals surface area contributed by atoms with Gasteiger partial charge in [-0.1, -0.05) is 55.5 Å². The average Bonchev–Trinajstić information content (AvgIpc) is 2.66. The van der Waals surface area contributed by atoms with E-state index in [0.717, 1.165) is 17.7 Å². The van der Waals surface area contributed by atoms with Gasteiger partial charge in [-0.25, -0.2) is 0 Å². The van der Waals surface area contributed by atoms with Crippen LogP contribution in [0.5, 0.6) is 0 Å². The predicted octanol–water partition coefficient (Wildman–Crippen LogP) is 2.34. The molecule has 0 radical (unpaired) electrons. The highest BCUT2D eigenvalue weighted by Crippen LogP contribution is 2.10. The number of likely N-dealkylation sites (N-methyl/N-ethyl adjacent to an activating group) is 1. The van der Waals surface area contributed by atoms with Gasteiger partial charge in [0.2, 0.25) is 0 Å². The van der Waals surface area contributed by atoms with E-state index in [1.54, 1.807) is 12.1 Å². The maximum atomic E-state index is 11.9. The molecular weight excluding hydrogens is 316 g/mol. The first-order chi connectivity index (χ1) is 12.1. The summed E-state index contributed by atoms with van der Waals surface area (Å²) in [4.78, 5) is 23.4. The van der Waals surface area contributed by atoms with Crippen molar-refractivity contribution in [1.82, 2.24) is 5.32 Å². The fourth-order valence-electron chi connectivity index (χ4n) is 2.32. The number of benzene rings is 2. The molecule has 132 valence electrons. The van der Waals surface area contributed by atoms with Crippen molar-refractivity contribution in [1.29, 1.82) is 0 Å². The Morgan fingerprint density at radius 3 is 1.80 bits per heavy atom. The zero-order chi connectivity index (χ0) is 18.1. The molecule has 5 nitrogen and oxygen atoms in total. The lowest BCUT2D eigenvalue weighted by atomic mass is 10.1. The molecule has 2 aromatic carbocycles. The van der Waals surface area contributed by atoms with Crippen LogP contribution in [0.2, 0.25) is 0 Å². The molecule has 0 aliphatic rings. The van der Waals surface area contributed by atoms with Crippen LogP contribution in [-0.2, 0) is 18.0 Å². The number of carbonyl (C=O) groups is 2. The van der Waals surface area contributed by atoms with Gasteiger partial charge in [-0.2, -0.15) is 0 Å². The van der Waals surface area contributed by atoms with Gasteiger partial charge in [-0.15, -0.1) is 0 Å². The number of hydrogen-bond donors (Lipinski definition) is 2. The van der Waals surface area contributed by atoms with Crippen molar-refractivity contribution in [2.45, 2.75) is 20.1 Å². The van der Waals surface area contributed by atoms with Crippen molar-refractivity contribution in [3.05, 3.63) is 70.8 Å². The molecule has 3 N–H and O–H groups in total. The van der Waals surface area contributed by atoms with Gasteiger partial charge in [0.05, 0.1) is 26.3 Å². The molecule has 0 unspecified atom stereocenters. The highest BCUT2D eigenvalue weighted by molar-refractivity contribution is 5.98. The van der Waals surface area contributed by atoms with Crippen molar-refractivity contribution >= 4 is 11.6 Å². The molecule has 2 rings (SSSR count). The Balaban J connectivity index is 1.81. The quantitative estimate of drug-likeness (QED) is 0.649. The molecule has 2 aromatic rings. The lowest BCUT2D eigenvalue weighted by molar-refractivity contribution is 0.0987. The van der Waals surface area contributed by atoms with E-state index in [2.05, 4.69) is 5.32 Å².